The van der Waals surface area contributed by atoms with Gasteiger partial charge in [-0.3, -0.25) is 0 Å². The molecule has 0 spiro atoms. The van der Waals surface area contributed by atoms with Gasteiger partial charge < -0.3 is 15.4 Å². The Balaban J connectivity index is 3.32. The fraction of sp³-hybridized carbons (Fsp3) is 0.556. The fourth-order valence-electron chi connectivity index (χ4n) is 1.19. The molecule has 0 fully saturated rings. The molecule has 1 rings (SSSR count). The topological polar surface area (TPSA) is 89.4 Å². The molecule has 5 heteroatoms. The first kappa shape index (κ1) is 10.7. The normalized spacial score (nSPS) is 11.7. The predicted molar refractivity (Wildman–Crippen MR) is 50.1 cm³/mol. The second-order valence-electron chi connectivity index (χ2n) is 4.09. The van der Waals surface area contributed by atoms with Crippen LogP contribution in [0.15, 0.2) is 4.52 Å². The molecule has 0 unspecified atom stereocenters. The molecule has 0 aliphatic rings. The third kappa shape index (κ3) is 1.77. The summed E-state index contributed by atoms with van der Waals surface area (Å²) in [5.74, 6) is -0.679. The van der Waals surface area contributed by atoms with Gasteiger partial charge in [0.05, 0.1) is 0 Å². The Hall–Kier alpha value is -1.36. The van der Waals surface area contributed by atoms with Crippen LogP contribution in [-0.2, 0) is 12.0 Å². The summed E-state index contributed by atoms with van der Waals surface area (Å²) in [7, 11) is 0. The molecule has 1 aromatic heterocycles. The number of aromatic nitrogens is 1. The van der Waals surface area contributed by atoms with Crippen LogP contribution in [0.4, 0.5) is 0 Å². The van der Waals surface area contributed by atoms with Crippen LogP contribution in [0.2, 0.25) is 0 Å². The van der Waals surface area contributed by atoms with Crippen LogP contribution in [0.3, 0.4) is 0 Å². The number of carbonyl (C=O) groups is 1. The molecular formula is C9H14N2O3. The number of hydrogen-bond donors (Lipinski definition) is 2. The molecule has 1 aromatic rings. The molecule has 14 heavy (non-hydrogen) atoms. The molecule has 0 saturated carbocycles. The van der Waals surface area contributed by atoms with Gasteiger partial charge in [0.2, 0.25) is 0 Å². The quantitative estimate of drug-likeness (QED) is 0.743. The van der Waals surface area contributed by atoms with Gasteiger partial charge in [0.1, 0.15) is 11.3 Å². The van der Waals surface area contributed by atoms with Crippen molar-refractivity contribution in [2.45, 2.75) is 32.7 Å². The van der Waals surface area contributed by atoms with Gasteiger partial charge in [0, 0.05) is 12.0 Å². The zero-order valence-corrected chi connectivity index (χ0v) is 8.50. The first-order valence-electron chi connectivity index (χ1n) is 4.30. The summed E-state index contributed by atoms with van der Waals surface area (Å²) in [6, 6.07) is 0. The Kier molecular flexibility index (Phi) is 2.62. The Morgan fingerprint density at radius 3 is 2.50 bits per heavy atom. The standard InChI is InChI=1S/C9H14N2O3/c1-9(2,3)7-6(8(12)13)5(4-10)11-14-7/h4,10H2,1-3H3,(H,12,13). The van der Waals surface area contributed by atoms with Crippen LogP contribution in [0, 0.1) is 0 Å². The van der Waals surface area contributed by atoms with Crippen molar-refractivity contribution in [2.75, 3.05) is 0 Å². The van der Waals surface area contributed by atoms with E-state index in [1.807, 2.05) is 20.8 Å². The van der Waals surface area contributed by atoms with E-state index in [1.54, 1.807) is 0 Å². The highest BCUT2D eigenvalue weighted by Gasteiger charge is 2.29. The molecule has 0 aliphatic heterocycles. The molecule has 0 saturated heterocycles. The lowest BCUT2D eigenvalue weighted by Crippen LogP contribution is -2.16. The van der Waals surface area contributed by atoms with Crippen molar-refractivity contribution in [3.63, 3.8) is 0 Å². The maximum atomic E-state index is 11.0. The van der Waals surface area contributed by atoms with Crippen LogP contribution in [0.25, 0.3) is 0 Å². The highest BCUT2D eigenvalue weighted by molar-refractivity contribution is 5.90. The molecule has 0 amide bonds. The third-order valence-electron chi connectivity index (χ3n) is 1.85. The highest BCUT2D eigenvalue weighted by atomic mass is 16.5. The van der Waals surface area contributed by atoms with Gasteiger partial charge >= 0.3 is 5.97 Å². The molecule has 1 heterocycles. The first-order chi connectivity index (χ1) is 6.38. The van der Waals surface area contributed by atoms with Gasteiger partial charge in [-0.25, -0.2) is 4.79 Å². The Labute approximate surface area is 81.9 Å². The SMILES string of the molecule is CC(C)(C)c1onc(CN)c1C(=O)O. The van der Waals surface area contributed by atoms with Gasteiger partial charge in [-0.2, -0.15) is 0 Å². The number of carboxylic acids is 1. The van der Waals surface area contributed by atoms with E-state index < -0.39 is 5.97 Å². The summed E-state index contributed by atoms with van der Waals surface area (Å²) < 4.78 is 5.00. The summed E-state index contributed by atoms with van der Waals surface area (Å²) in [4.78, 5) is 11.0. The van der Waals surface area contributed by atoms with E-state index in [1.165, 1.54) is 0 Å². The van der Waals surface area contributed by atoms with Crippen molar-refractivity contribution in [1.82, 2.24) is 5.16 Å². The van der Waals surface area contributed by atoms with Crippen molar-refractivity contribution in [3.05, 3.63) is 17.0 Å². The van der Waals surface area contributed by atoms with Crippen LogP contribution in [-0.4, -0.2) is 16.2 Å². The van der Waals surface area contributed by atoms with Crippen LogP contribution >= 0.6 is 0 Å². The monoisotopic (exact) mass is 198 g/mol. The lowest BCUT2D eigenvalue weighted by atomic mass is 9.89. The van der Waals surface area contributed by atoms with Crippen molar-refractivity contribution in [3.8, 4) is 0 Å². The van der Waals surface area contributed by atoms with Crippen LogP contribution in [0.1, 0.15) is 42.6 Å². The molecule has 0 atom stereocenters. The number of aromatic carboxylic acids is 1. The molecule has 0 aromatic carbocycles. The van der Waals surface area contributed by atoms with Crippen LogP contribution < -0.4 is 5.73 Å². The van der Waals surface area contributed by atoms with Gasteiger partial charge in [-0.1, -0.05) is 25.9 Å². The molecule has 0 aliphatic carbocycles. The minimum absolute atomic E-state index is 0.0706. The zero-order valence-electron chi connectivity index (χ0n) is 8.50. The summed E-state index contributed by atoms with van der Waals surface area (Å²) in [5, 5.41) is 12.6. The first-order valence-corrected chi connectivity index (χ1v) is 4.30. The summed E-state index contributed by atoms with van der Waals surface area (Å²) in [6.07, 6.45) is 0. The van der Waals surface area contributed by atoms with Crippen molar-refractivity contribution in [1.29, 1.82) is 0 Å². The van der Waals surface area contributed by atoms with E-state index in [0.717, 1.165) is 0 Å². The number of rotatable bonds is 2. The van der Waals surface area contributed by atoms with E-state index in [2.05, 4.69) is 5.16 Å². The van der Waals surface area contributed by atoms with E-state index >= 15 is 0 Å². The van der Waals surface area contributed by atoms with E-state index in [0.29, 0.717) is 11.5 Å². The predicted octanol–water partition coefficient (Wildman–Crippen LogP) is 1.13. The smallest absolute Gasteiger partial charge is 0.341 e. The average Bonchev–Trinajstić information content (AvgIpc) is 2.45. The summed E-state index contributed by atoms with van der Waals surface area (Å²) in [6.45, 7) is 5.65. The van der Waals surface area contributed by atoms with Gasteiger partial charge in [-0.05, 0) is 0 Å². The molecular weight excluding hydrogens is 184 g/mol. The maximum absolute atomic E-state index is 11.0. The number of nitrogens with zero attached hydrogens (tertiary/aromatic N) is 1. The fourth-order valence-corrected chi connectivity index (χ4v) is 1.19. The molecule has 3 N–H and O–H groups in total. The lowest BCUT2D eigenvalue weighted by molar-refractivity contribution is 0.0691. The highest BCUT2D eigenvalue weighted by Crippen LogP contribution is 2.27. The third-order valence-corrected chi connectivity index (χ3v) is 1.85. The number of hydrogen-bond acceptors (Lipinski definition) is 4. The Morgan fingerprint density at radius 2 is 2.14 bits per heavy atom. The van der Waals surface area contributed by atoms with Crippen LogP contribution in [0.5, 0.6) is 0 Å². The van der Waals surface area contributed by atoms with Gasteiger partial charge in [0.25, 0.3) is 0 Å². The maximum Gasteiger partial charge on any atom is 0.341 e. The van der Waals surface area contributed by atoms with Gasteiger partial charge in [0.15, 0.2) is 5.76 Å². The molecule has 5 nitrogen and oxygen atoms in total. The number of carboxylic acid groups (broad SMARTS) is 1. The van der Waals surface area contributed by atoms with Crippen molar-refractivity contribution >= 4 is 5.97 Å². The Bertz CT molecular complexity index is 349. The molecule has 0 bridgehead atoms. The largest absolute Gasteiger partial charge is 0.477 e. The average molecular weight is 198 g/mol. The minimum Gasteiger partial charge on any atom is -0.477 e. The lowest BCUT2D eigenvalue weighted by Gasteiger charge is -2.14. The Morgan fingerprint density at radius 1 is 1.57 bits per heavy atom. The van der Waals surface area contributed by atoms with E-state index in [4.69, 9.17) is 15.4 Å². The second kappa shape index (κ2) is 3.42. The summed E-state index contributed by atoms with van der Waals surface area (Å²) >= 11 is 0. The minimum atomic E-state index is -1.04. The zero-order chi connectivity index (χ0) is 10.9. The number of nitrogens with two attached hydrogens (primary N) is 1. The van der Waals surface area contributed by atoms with Crippen molar-refractivity contribution in [2.24, 2.45) is 5.73 Å². The van der Waals surface area contributed by atoms with Crippen molar-refractivity contribution < 1.29 is 14.4 Å². The molecule has 0 radical (unpaired) electrons. The molecule has 78 valence electrons. The second-order valence-corrected chi connectivity index (χ2v) is 4.09. The van der Waals surface area contributed by atoms with Gasteiger partial charge in [-0.15, -0.1) is 0 Å². The van der Waals surface area contributed by atoms with E-state index in [-0.39, 0.29) is 17.5 Å². The summed E-state index contributed by atoms with van der Waals surface area (Å²) in [5.41, 5.74) is 5.37. The van der Waals surface area contributed by atoms with E-state index in [9.17, 15) is 4.79 Å².